The molecule has 0 radical (unpaired) electrons. The molecular formula is C21H26N4O3. The van der Waals surface area contributed by atoms with E-state index in [1.807, 2.05) is 12.1 Å². The molecule has 3 rings (SSSR count). The molecule has 1 aliphatic heterocycles. The van der Waals surface area contributed by atoms with E-state index in [1.54, 1.807) is 48.5 Å². The zero-order valence-corrected chi connectivity index (χ0v) is 16.1. The van der Waals surface area contributed by atoms with Crippen LogP contribution in [0, 0.1) is 0 Å². The van der Waals surface area contributed by atoms with Crippen molar-refractivity contribution in [2.75, 3.05) is 38.1 Å². The third-order valence-corrected chi connectivity index (χ3v) is 4.70. The summed E-state index contributed by atoms with van der Waals surface area (Å²) in [6.45, 7) is 5.96. The predicted octanol–water partition coefficient (Wildman–Crippen LogP) is 3.00. The summed E-state index contributed by atoms with van der Waals surface area (Å²) in [4.78, 5) is 33.0. The number of carbonyl (C=O) groups is 2. The summed E-state index contributed by atoms with van der Waals surface area (Å²) in [5.41, 5.74) is 2.06. The van der Waals surface area contributed by atoms with Gasteiger partial charge in [0.15, 0.2) is 0 Å². The van der Waals surface area contributed by atoms with Crippen LogP contribution in [0.2, 0.25) is 0 Å². The lowest BCUT2D eigenvalue weighted by molar-refractivity contribution is 0.0527. The number of amides is 2. The Balaban J connectivity index is 1.59. The van der Waals surface area contributed by atoms with E-state index in [2.05, 4.69) is 15.2 Å². The van der Waals surface area contributed by atoms with Gasteiger partial charge in [0.2, 0.25) is 0 Å². The molecule has 1 aromatic heterocycles. The summed E-state index contributed by atoms with van der Waals surface area (Å²) in [5.74, 6) is -0.433. The highest BCUT2D eigenvalue weighted by Gasteiger charge is 2.21. The van der Waals surface area contributed by atoms with E-state index < -0.39 is 5.97 Å². The van der Waals surface area contributed by atoms with Gasteiger partial charge in [0.25, 0.3) is 0 Å². The third kappa shape index (κ3) is 5.29. The highest BCUT2D eigenvalue weighted by Crippen LogP contribution is 2.17. The molecule has 7 nitrogen and oxygen atoms in total. The zero-order chi connectivity index (χ0) is 19.8. The van der Waals surface area contributed by atoms with Gasteiger partial charge in [-0.05, 0) is 43.2 Å². The Morgan fingerprint density at radius 2 is 1.86 bits per heavy atom. The Labute approximate surface area is 165 Å². The number of para-hydroxylation sites is 1. The third-order valence-electron chi connectivity index (χ3n) is 4.70. The molecule has 2 heterocycles. The lowest BCUT2D eigenvalue weighted by atomic mass is 10.2. The molecule has 7 heteroatoms. The number of nitrogens with one attached hydrogen (secondary N) is 1. The van der Waals surface area contributed by atoms with Crippen LogP contribution in [-0.4, -0.2) is 59.6 Å². The van der Waals surface area contributed by atoms with Crippen LogP contribution in [0.15, 0.2) is 48.8 Å². The number of carbonyl (C=O) groups excluding carboxylic acids is 2. The first-order chi connectivity index (χ1) is 13.7. The molecule has 0 spiro atoms. The number of esters is 1. The Kier molecular flexibility index (Phi) is 6.97. The van der Waals surface area contributed by atoms with E-state index in [0.717, 1.165) is 26.1 Å². The average Bonchev–Trinajstić information content (AvgIpc) is 2.95. The fourth-order valence-electron chi connectivity index (χ4n) is 3.25. The van der Waals surface area contributed by atoms with Crippen LogP contribution in [-0.2, 0) is 11.3 Å². The number of rotatable bonds is 5. The van der Waals surface area contributed by atoms with Gasteiger partial charge >= 0.3 is 12.0 Å². The molecule has 2 amide bonds. The second-order valence-corrected chi connectivity index (χ2v) is 6.67. The van der Waals surface area contributed by atoms with Crippen LogP contribution in [0.3, 0.4) is 0 Å². The summed E-state index contributed by atoms with van der Waals surface area (Å²) >= 11 is 0. The molecule has 1 aromatic carbocycles. The van der Waals surface area contributed by atoms with Gasteiger partial charge in [-0.2, -0.15) is 0 Å². The lowest BCUT2D eigenvalue weighted by Crippen LogP contribution is -2.38. The molecule has 148 valence electrons. The Morgan fingerprint density at radius 3 is 2.64 bits per heavy atom. The van der Waals surface area contributed by atoms with Crippen LogP contribution in [0.4, 0.5) is 10.5 Å². The van der Waals surface area contributed by atoms with E-state index in [-0.39, 0.29) is 6.03 Å². The normalized spacial score (nSPS) is 15.0. The van der Waals surface area contributed by atoms with Crippen LogP contribution in [0.1, 0.15) is 29.3 Å². The number of hydrogen-bond donors (Lipinski definition) is 1. The van der Waals surface area contributed by atoms with Gasteiger partial charge in [0.1, 0.15) is 0 Å². The quantitative estimate of drug-likeness (QED) is 0.805. The summed E-state index contributed by atoms with van der Waals surface area (Å²) in [6.07, 6.45) is 4.50. The van der Waals surface area contributed by atoms with Crippen molar-refractivity contribution in [1.82, 2.24) is 14.8 Å². The fraction of sp³-hybridized carbons (Fsp3) is 0.381. The van der Waals surface area contributed by atoms with Crippen LogP contribution in [0.25, 0.3) is 0 Å². The highest BCUT2D eigenvalue weighted by atomic mass is 16.5. The minimum atomic E-state index is -0.433. The van der Waals surface area contributed by atoms with E-state index in [0.29, 0.717) is 30.9 Å². The van der Waals surface area contributed by atoms with Gasteiger partial charge in [-0.25, -0.2) is 9.59 Å². The Morgan fingerprint density at radius 1 is 1.07 bits per heavy atom. The molecule has 2 aromatic rings. The second kappa shape index (κ2) is 9.85. The van der Waals surface area contributed by atoms with Crippen molar-refractivity contribution in [1.29, 1.82) is 0 Å². The van der Waals surface area contributed by atoms with Crippen molar-refractivity contribution < 1.29 is 14.3 Å². The average molecular weight is 382 g/mol. The number of aromatic nitrogens is 1. The zero-order valence-electron chi connectivity index (χ0n) is 16.1. The lowest BCUT2D eigenvalue weighted by Gasteiger charge is -2.23. The van der Waals surface area contributed by atoms with E-state index in [4.69, 9.17) is 4.74 Å². The first-order valence-electron chi connectivity index (χ1n) is 9.60. The molecule has 0 atom stereocenters. The molecule has 1 aliphatic rings. The number of nitrogens with zero attached hydrogens (tertiary/aromatic N) is 3. The fourth-order valence-corrected chi connectivity index (χ4v) is 3.25. The number of ether oxygens (including phenoxy) is 1. The molecule has 1 fully saturated rings. The number of benzene rings is 1. The second-order valence-electron chi connectivity index (χ2n) is 6.67. The van der Waals surface area contributed by atoms with Crippen molar-refractivity contribution in [3.63, 3.8) is 0 Å². The summed E-state index contributed by atoms with van der Waals surface area (Å²) < 4.78 is 5.07. The maximum atomic E-state index is 12.8. The standard InChI is InChI=1S/C21H26N4O3/c1-2-28-20(26)18-6-3-4-7-19(18)23-21(27)25-13-5-12-24(14-15-25)16-17-8-10-22-11-9-17/h3-4,6-11H,2,5,12-16H2,1H3,(H,23,27). The first-order valence-corrected chi connectivity index (χ1v) is 9.60. The Bertz CT molecular complexity index is 797. The monoisotopic (exact) mass is 382 g/mol. The maximum absolute atomic E-state index is 12.8. The van der Waals surface area contributed by atoms with Gasteiger partial charge in [-0.1, -0.05) is 12.1 Å². The molecule has 1 saturated heterocycles. The van der Waals surface area contributed by atoms with Gasteiger partial charge in [-0.15, -0.1) is 0 Å². The minimum Gasteiger partial charge on any atom is -0.462 e. The number of urea groups is 1. The molecule has 28 heavy (non-hydrogen) atoms. The van der Waals surface area contributed by atoms with E-state index in [1.165, 1.54) is 5.56 Å². The first kappa shape index (κ1) is 19.8. The van der Waals surface area contributed by atoms with Crippen molar-refractivity contribution in [2.45, 2.75) is 19.9 Å². The topological polar surface area (TPSA) is 74.8 Å². The van der Waals surface area contributed by atoms with E-state index >= 15 is 0 Å². The smallest absolute Gasteiger partial charge is 0.340 e. The van der Waals surface area contributed by atoms with Gasteiger partial charge in [0.05, 0.1) is 17.9 Å². The Hall–Kier alpha value is -2.93. The van der Waals surface area contributed by atoms with Crippen molar-refractivity contribution in [2.24, 2.45) is 0 Å². The van der Waals surface area contributed by atoms with Crippen LogP contribution >= 0.6 is 0 Å². The maximum Gasteiger partial charge on any atom is 0.340 e. The van der Waals surface area contributed by atoms with Crippen molar-refractivity contribution >= 4 is 17.7 Å². The van der Waals surface area contributed by atoms with Crippen LogP contribution in [0.5, 0.6) is 0 Å². The van der Waals surface area contributed by atoms with Gasteiger partial charge in [0, 0.05) is 45.1 Å². The molecule has 0 bridgehead atoms. The largest absolute Gasteiger partial charge is 0.462 e. The number of pyridine rings is 1. The summed E-state index contributed by atoms with van der Waals surface area (Å²) in [5, 5.41) is 2.87. The summed E-state index contributed by atoms with van der Waals surface area (Å²) in [7, 11) is 0. The minimum absolute atomic E-state index is 0.192. The van der Waals surface area contributed by atoms with Crippen molar-refractivity contribution in [3.05, 3.63) is 59.9 Å². The highest BCUT2D eigenvalue weighted by molar-refractivity contribution is 6.00. The SMILES string of the molecule is CCOC(=O)c1ccccc1NC(=O)N1CCCN(Cc2ccncc2)CC1. The number of anilines is 1. The molecule has 1 N–H and O–H groups in total. The van der Waals surface area contributed by atoms with Gasteiger partial charge < -0.3 is 15.0 Å². The predicted molar refractivity (Wildman–Crippen MR) is 107 cm³/mol. The van der Waals surface area contributed by atoms with Crippen molar-refractivity contribution in [3.8, 4) is 0 Å². The molecule has 0 saturated carbocycles. The molecular weight excluding hydrogens is 356 g/mol. The van der Waals surface area contributed by atoms with E-state index in [9.17, 15) is 9.59 Å². The molecule has 0 aliphatic carbocycles. The van der Waals surface area contributed by atoms with Crippen LogP contribution < -0.4 is 5.32 Å². The summed E-state index contributed by atoms with van der Waals surface area (Å²) in [6, 6.07) is 10.8. The number of hydrogen-bond acceptors (Lipinski definition) is 5. The van der Waals surface area contributed by atoms with Gasteiger partial charge in [-0.3, -0.25) is 9.88 Å². The molecule has 0 unspecified atom stereocenters.